The molecule has 20 heavy (non-hydrogen) atoms. The van der Waals surface area contributed by atoms with E-state index >= 15 is 0 Å². The lowest BCUT2D eigenvalue weighted by Gasteiger charge is -2.38. The molecule has 1 saturated carbocycles. The fraction of sp³-hybridized carbons (Fsp3) is 0.857. The number of amides is 1. The Bertz CT molecular complexity index is 348. The lowest BCUT2D eigenvalue weighted by Crippen LogP contribution is -2.58. The number of ether oxygens (including phenoxy) is 1. The molecule has 2 rings (SSSR count). The Morgan fingerprint density at radius 3 is 2.40 bits per heavy atom. The maximum atomic E-state index is 12.3. The van der Waals surface area contributed by atoms with Gasteiger partial charge in [0, 0.05) is 6.54 Å². The number of carbonyl (C=O) groups is 2. The van der Waals surface area contributed by atoms with Crippen LogP contribution in [0, 0.1) is 11.8 Å². The lowest BCUT2D eigenvalue weighted by molar-refractivity contribution is -0.153. The number of esters is 1. The number of carbonyl (C=O) groups excluding carboxylic acids is 2. The summed E-state index contributed by atoms with van der Waals surface area (Å²) in [6.07, 6.45) is 4.13. The molecule has 116 valence electrons. The summed E-state index contributed by atoms with van der Waals surface area (Å²) in [7, 11) is 1.39. The summed E-state index contributed by atoms with van der Waals surface area (Å²) in [5.41, 5.74) is -0.791. The van der Waals surface area contributed by atoms with Gasteiger partial charge in [-0.2, -0.15) is 0 Å². The van der Waals surface area contributed by atoms with E-state index in [4.69, 9.17) is 4.74 Å². The molecule has 1 aliphatic heterocycles. The van der Waals surface area contributed by atoms with E-state index in [1.54, 1.807) is 0 Å². The second kappa shape index (κ2) is 7.27. The first kappa shape index (κ1) is 17.2. The molecule has 2 fully saturated rings. The van der Waals surface area contributed by atoms with Gasteiger partial charge in [-0.05, 0) is 44.6 Å². The Balaban J connectivity index is 0.00000200. The van der Waals surface area contributed by atoms with Crippen molar-refractivity contribution in [2.45, 2.75) is 44.6 Å². The molecule has 1 amide bonds. The maximum absolute atomic E-state index is 12.3. The highest BCUT2D eigenvalue weighted by Crippen LogP contribution is 2.33. The number of halogens is 1. The van der Waals surface area contributed by atoms with Gasteiger partial charge in [0.05, 0.1) is 13.0 Å². The Hall–Kier alpha value is -0.810. The largest absolute Gasteiger partial charge is 0.467 e. The molecule has 1 atom stereocenters. The van der Waals surface area contributed by atoms with Gasteiger partial charge in [0.2, 0.25) is 5.91 Å². The van der Waals surface area contributed by atoms with Crippen LogP contribution in [0.4, 0.5) is 0 Å². The predicted octanol–water partition coefficient (Wildman–Crippen LogP) is 1.26. The van der Waals surface area contributed by atoms with Crippen LogP contribution in [0.25, 0.3) is 0 Å². The SMILES string of the molecule is COC(=O)C1(NC(=O)C2CCNC2)CCC(C)CC1.Cl. The van der Waals surface area contributed by atoms with Crippen LogP contribution in [-0.2, 0) is 14.3 Å². The van der Waals surface area contributed by atoms with Gasteiger partial charge in [-0.25, -0.2) is 4.79 Å². The molecule has 1 heterocycles. The van der Waals surface area contributed by atoms with Crippen molar-refractivity contribution in [3.63, 3.8) is 0 Å². The van der Waals surface area contributed by atoms with Crippen molar-refractivity contribution in [1.82, 2.24) is 10.6 Å². The summed E-state index contributed by atoms with van der Waals surface area (Å²) < 4.78 is 4.92. The molecule has 2 aliphatic rings. The van der Waals surface area contributed by atoms with Crippen LogP contribution in [0.3, 0.4) is 0 Å². The van der Waals surface area contributed by atoms with Crippen LogP contribution in [-0.4, -0.2) is 37.6 Å². The van der Waals surface area contributed by atoms with Crippen molar-refractivity contribution in [2.24, 2.45) is 11.8 Å². The highest BCUT2D eigenvalue weighted by Gasteiger charge is 2.44. The van der Waals surface area contributed by atoms with Crippen LogP contribution in [0.15, 0.2) is 0 Å². The van der Waals surface area contributed by atoms with Crippen molar-refractivity contribution in [3.05, 3.63) is 0 Å². The minimum Gasteiger partial charge on any atom is -0.467 e. The van der Waals surface area contributed by atoms with Crippen molar-refractivity contribution in [1.29, 1.82) is 0 Å². The minimum atomic E-state index is -0.791. The van der Waals surface area contributed by atoms with Crippen LogP contribution in [0.1, 0.15) is 39.0 Å². The summed E-state index contributed by atoms with van der Waals surface area (Å²) in [4.78, 5) is 24.4. The highest BCUT2D eigenvalue weighted by molar-refractivity contribution is 5.89. The molecule has 0 aromatic carbocycles. The number of hydrogen-bond acceptors (Lipinski definition) is 4. The molecule has 0 bridgehead atoms. The summed E-state index contributed by atoms with van der Waals surface area (Å²) in [6.45, 7) is 3.77. The van der Waals surface area contributed by atoms with E-state index in [0.29, 0.717) is 25.3 Å². The Kier molecular flexibility index (Phi) is 6.27. The number of rotatable bonds is 3. The number of methoxy groups -OCH3 is 1. The average Bonchev–Trinajstić information content (AvgIpc) is 2.95. The van der Waals surface area contributed by atoms with E-state index in [1.807, 2.05) is 0 Å². The van der Waals surface area contributed by atoms with Gasteiger partial charge < -0.3 is 15.4 Å². The van der Waals surface area contributed by atoms with E-state index < -0.39 is 5.54 Å². The molecule has 5 nitrogen and oxygen atoms in total. The molecule has 1 aliphatic carbocycles. The van der Waals surface area contributed by atoms with Crippen molar-refractivity contribution in [3.8, 4) is 0 Å². The van der Waals surface area contributed by atoms with Gasteiger partial charge in [-0.3, -0.25) is 4.79 Å². The van der Waals surface area contributed by atoms with Crippen molar-refractivity contribution < 1.29 is 14.3 Å². The summed E-state index contributed by atoms with van der Waals surface area (Å²) in [6, 6.07) is 0. The zero-order chi connectivity index (χ0) is 13.9. The Labute approximate surface area is 126 Å². The lowest BCUT2D eigenvalue weighted by atomic mass is 9.76. The van der Waals surface area contributed by atoms with Crippen LogP contribution in [0.5, 0.6) is 0 Å². The number of hydrogen-bond donors (Lipinski definition) is 2. The normalized spacial score (nSPS) is 33.1. The summed E-state index contributed by atoms with van der Waals surface area (Å²) in [5.74, 6) is 0.298. The second-order valence-electron chi connectivity index (χ2n) is 5.94. The zero-order valence-electron chi connectivity index (χ0n) is 12.2. The highest BCUT2D eigenvalue weighted by atomic mass is 35.5. The first-order valence-electron chi connectivity index (χ1n) is 7.18. The van der Waals surface area contributed by atoms with Crippen LogP contribution >= 0.6 is 12.4 Å². The molecule has 2 N–H and O–H groups in total. The number of nitrogens with one attached hydrogen (secondary N) is 2. The quantitative estimate of drug-likeness (QED) is 0.770. The van der Waals surface area contributed by atoms with Gasteiger partial charge in [0.1, 0.15) is 5.54 Å². The van der Waals surface area contributed by atoms with E-state index in [-0.39, 0.29) is 30.2 Å². The zero-order valence-corrected chi connectivity index (χ0v) is 13.1. The van der Waals surface area contributed by atoms with E-state index in [1.165, 1.54) is 7.11 Å². The third-order valence-electron chi connectivity index (χ3n) is 4.50. The first-order valence-corrected chi connectivity index (χ1v) is 7.18. The first-order chi connectivity index (χ1) is 9.07. The van der Waals surface area contributed by atoms with Crippen molar-refractivity contribution in [2.75, 3.05) is 20.2 Å². The Morgan fingerprint density at radius 1 is 1.25 bits per heavy atom. The standard InChI is InChI=1S/C14H24N2O3.ClH/c1-10-3-6-14(7-4-10,13(18)19-2)16-12(17)11-5-8-15-9-11;/h10-11,15H,3-9H2,1-2H3,(H,16,17);1H. The molecule has 1 unspecified atom stereocenters. The fourth-order valence-corrected chi connectivity index (χ4v) is 3.05. The molecule has 0 radical (unpaired) electrons. The molecule has 6 heteroatoms. The van der Waals surface area contributed by atoms with Gasteiger partial charge in [-0.1, -0.05) is 6.92 Å². The maximum Gasteiger partial charge on any atom is 0.331 e. The average molecular weight is 305 g/mol. The molecular formula is C14H25ClN2O3. The fourth-order valence-electron chi connectivity index (χ4n) is 3.05. The second-order valence-corrected chi connectivity index (χ2v) is 5.94. The van der Waals surface area contributed by atoms with Crippen LogP contribution in [0.2, 0.25) is 0 Å². The Morgan fingerprint density at radius 2 is 1.90 bits per heavy atom. The van der Waals surface area contributed by atoms with Gasteiger partial charge in [0.25, 0.3) is 0 Å². The van der Waals surface area contributed by atoms with Crippen LogP contribution < -0.4 is 10.6 Å². The molecule has 0 aromatic heterocycles. The van der Waals surface area contributed by atoms with Gasteiger partial charge >= 0.3 is 5.97 Å². The van der Waals surface area contributed by atoms with Crippen molar-refractivity contribution >= 4 is 24.3 Å². The van der Waals surface area contributed by atoms with E-state index in [9.17, 15) is 9.59 Å². The molecular weight excluding hydrogens is 280 g/mol. The topological polar surface area (TPSA) is 67.4 Å². The molecule has 0 aromatic rings. The molecule has 0 spiro atoms. The summed E-state index contributed by atoms with van der Waals surface area (Å²) in [5, 5.41) is 6.17. The van der Waals surface area contributed by atoms with E-state index in [2.05, 4.69) is 17.6 Å². The third-order valence-corrected chi connectivity index (χ3v) is 4.50. The summed E-state index contributed by atoms with van der Waals surface area (Å²) >= 11 is 0. The molecule has 1 saturated heterocycles. The smallest absolute Gasteiger partial charge is 0.331 e. The van der Waals surface area contributed by atoms with Gasteiger partial charge in [0.15, 0.2) is 0 Å². The predicted molar refractivity (Wildman–Crippen MR) is 78.7 cm³/mol. The monoisotopic (exact) mass is 304 g/mol. The van der Waals surface area contributed by atoms with Gasteiger partial charge in [-0.15, -0.1) is 12.4 Å². The van der Waals surface area contributed by atoms with E-state index in [0.717, 1.165) is 25.8 Å². The minimum absolute atomic E-state index is 0. The third kappa shape index (κ3) is 3.64.